The van der Waals surface area contributed by atoms with Crippen molar-refractivity contribution in [1.29, 1.82) is 0 Å². The average molecular weight is 181 g/mol. The Labute approximate surface area is 75.7 Å². The summed E-state index contributed by atoms with van der Waals surface area (Å²) in [7, 11) is 0. The highest BCUT2D eigenvalue weighted by atomic mass is 16.5. The van der Waals surface area contributed by atoms with Crippen molar-refractivity contribution in [2.24, 2.45) is 11.7 Å². The first-order valence-corrected chi connectivity index (χ1v) is 4.20. The van der Waals surface area contributed by atoms with Gasteiger partial charge in [0.2, 0.25) is 5.78 Å². The van der Waals surface area contributed by atoms with Gasteiger partial charge in [-0.15, -0.1) is 0 Å². The second-order valence-electron chi connectivity index (χ2n) is 3.15. The number of ether oxygens (including phenoxy) is 1. The molecule has 0 aliphatic carbocycles. The molecule has 1 aliphatic heterocycles. The molecule has 0 amide bonds. The van der Waals surface area contributed by atoms with E-state index in [1.165, 1.54) is 6.26 Å². The molecule has 4 nitrogen and oxygen atoms in total. The molecule has 1 aromatic heterocycles. The maximum Gasteiger partial charge on any atom is 0.204 e. The molecule has 0 radical (unpaired) electrons. The van der Waals surface area contributed by atoms with E-state index >= 15 is 0 Å². The average Bonchev–Trinajstić information content (AvgIpc) is 2.72. The van der Waals surface area contributed by atoms with Crippen LogP contribution in [0.3, 0.4) is 0 Å². The lowest BCUT2D eigenvalue weighted by Crippen LogP contribution is -2.33. The van der Waals surface area contributed by atoms with E-state index in [0.717, 1.165) is 0 Å². The zero-order valence-corrected chi connectivity index (χ0v) is 7.10. The Morgan fingerprint density at radius 3 is 2.92 bits per heavy atom. The fraction of sp³-hybridized carbons (Fsp3) is 0.444. The van der Waals surface area contributed by atoms with Crippen molar-refractivity contribution in [1.82, 2.24) is 0 Å². The summed E-state index contributed by atoms with van der Waals surface area (Å²) in [5, 5.41) is 0. The molecule has 4 heteroatoms. The summed E-state index contributed by atoms with van der Waals surface area (Å²) in [5.41, 5.74) is 5.70. The van der Waals surface area contributed by atoms with Gasteiger partial charge in [-0.3, -0.25) is 4.79 Å². The largest absolute Gasteiger partial charge is 0.461 e. The Balaban J connectivity index is 2.13. The molecular weight excluding hydrogens is 170 g/mol. The molecule has 1 aliphatic rings. The second kappa shape index (κ2) is 3.32. The minimum Gasteiger partial charge on any atom is -0.461 e. The highest BCUT2D eigenvalue weighted by Crippen LogP contribution is 2.17. The summed E-state index contributed by atoms with van der Waals surface area (Å²) >= 11 is 0. The van der Waals surface area contributed by atoms with Gasteiger partial charge >= 0.3 is 0 Å². The summed E-state index contributed by atoms with van der Waals surface area (Å²) in [6.45, 7) is 0.859. The van der Waals surface area contributed by atoms with Crippen molar-refractivity contribution in [3.05, 3.63) is 24.2 Å². The third-order valence-electron chi connectivity index (χ3n) is 2.23. The summed E-state index contributed by atoms with van der Waals surface area (Å²) in [4.78, 5) is 11.7. The molecule has 2 atom stereocenters. The normalized spacial score (nSPS) is 27.8. The number of nitrogens with two attached hydrogens (primary N) is 1. The van der Waals surface area contributed by atoms with E-state index in [2.05, 4.69) is 0 Å². The van der Waals surface area contributed by atoms with E-state index in [1.807, 2.05) is 0 Å². The fourth-order valence-corrected chi connectivity index (χ4v) is 1.44. The number of furan rings is 1. The Morgan fingerprint density at radius 2 is 2.38 bits per heavy atom. The smallest absolute Gasteiger partial charge is 0.204 e. The first-order chi connectivity index (χ1) is 6.29. The number of carbonyl (C=O) groups is 1. The van der Waals surface area contributed by atoms with Gasteiger partial charge in [0.1, 0.15) is 0 Å². The molecule has 70 valence electrons. The molecule has 2 rings (SSSR count). The van der Waals surface area contributed by atoms with Crippen LogP contribution in [0, 0.1) is 5.92 Å². The van der Waals surface area contributed by atoms with Gasteiger partial charge in [-0.2, -0.15) is 0 Å². The fourth-order valence-electron chi connectivity index (χ4n) is 1.44. The minimum atomic E-state index is -0.244. The Hall–Kier alpha value is -1.13. The number of hydrogen-bond donors (Lipinski definition) is 1. The maximum atomic E-state index is 11.7. The van der Waals surface area contributed by atoms with Crippen LogP contribution in [-0.2, 0) is 4.74 Å². The first-order valence-electron chi connectivity index (χ1n) is 4.20. The number of Topliss-reactive ketones (excluding diaryl/α,β-unsaturated/α-hetero) is 1. The molecule has 13 heavy (non-hydrogen) atoms. The van der Waals surface area contributed by atoms with Crippen molar-refractivity contribution < 1.29 is 13.9 Å². The van der Waals surface area contributed by atoms with Gasteiger partial charge in [-0.1, -0.05) is 0 Å². The van der Waals surface area contributed by atoms with E-state index in [-0.39, 0.29) is 17.7 Å². The van der Waals surface area contributed by atoms with E-state index in [9.17, 15) is 4.79 Å². The Morgan fingerprint density at radius 1 is 1.54 bits per heavy atom. The van der Waals surface area contributed by atoms with Gasteiger partial charge in [-0.25, -0.2) is 0 Å². The summed E-state index contributed by atoms with van der Waals surface area (Å²) < 4.78 is 10.1. The molecular formula is C9H11NO3. The topological polar surface area (TPSA) is 65.5 Å². The third-order valence-corrected chi connectivity index (χ3v) is 2.23. The van der Waals surface area contributed by atoms with Crippen LogP contribution in [0.15, 0.2) is 22.8 Å². The molecule has 0 saturated carbocycles. The lowest BCUT2D eigenvalue weighted by Gasteiger charge is -2.08. The molecule has 0 aromatic carbocycles. The summed E-state index contributed by atoms with van der Waals surface area (Å²) in [6, 6.07) is 3.14. The summed E-state index contributed by atoms with van der Waals surface area (Å²) in [5.74, 6) is 0.0621. The van der Waals surface area contributed by atoms with E-state index in [1.54, 1.807) is 12.1 Å². The van der Waals surface area contributed by atoms with Crippen LogP contribution in [0.1, 0.15) is 10.6 Å². The second-order valence-corrected chi connectivity index (χ2v) is 3.15. The van der Waals surface area contributed by atoms with Crippen molar-refractivity contribution in [3.8, 4) is 0 Å². The number of carbonyl (C=O) groups excluding carboxylic acids is 1. The van der Waals surface area contributed by atoms with Crippen molar-refractivity contribution in [3.63, 3.8) is 0 Å². The van der Waals surface area contributed by atoms with Crippen LogP contribution in [-0.4, -0.2) is 25.0 Å². The van der Waals surface area contributed by atoms with Crippen LogP contribution in [0.2, 0.25) is 0 Å². The van der Waals surface area contributed by atoms with Crippen LogP contribution in [0.25, 0.3) is 0 Å². The predicted octanol–water partition coefficient (Wildman–Crippen LogP) is 0.436. The van der Waals surface area contributed by atoms with Crippen LogP contribution in [0.5, 0.6) is 0 Å². The molecule has 2 N–H and O–H groups in total. The Kier molecular flexibility index (Phi) is 2.16. The van der Waals surface area contributed by atoms with E-state index in [4.69, 9.17) is 14.9 Å². The van der Waals surface area contributed by atoms with Gasteiger partial charge in [-0.05, 0) is 12.1 Å². The molecule has 1 aromatic rings. The first kappa shape index (κ1) is 8.47. The van der Waals surface area contributed by atoms with Gasteiger partial charge in [0, 0.05) is 6.04 Å². The van der Waals surface area contributed by atoms with Crippen LogP contribution in [0.4, 0.5) is 0 Å². The third kappa shape index (κ3) is 1.50. The predicted molar refractivity (Wildman–Crippen MR) is 45.3 cm³/mol. The Bertz CT molecular complexity index is 294. The quantitative estimate of drug-likeness (QED) is 0.672. The van der Waals surface area contributed by atoms with Crippen molar-refractivity contribution in [2.75, 3.05) is 13.2 Å². The molecule has 1 saturated heterocycles. The standard InChI is InChI=1S/C9H11NO3/c10-7-5-12-4-6(7)9(11)8-2-1-3-13-8/h1-3,6-7H,4-5,10H2. The van der Waals surface area contributed by atoms with E-state index in [0.29, 0.717) is 19.0 Å². The molecule has 2 heterocycles. The molecule has 2 unspecified atom stereocenters. The van der Waals surface area contributed by atoms with Gasteiger partial charge in [0.05, 0.1) is 25.4 Å². The van der Waals surface area contributed by atoms with Gasteiger partial charge in [0.15, 0.2) is 5.76 Å². The number of ketones is 1. The summed E-state index contributed by atoms with van der Waals surface area (Å²) in [6.07, 6.45) is 1.48. The van der Waals surface area contributed by atoms with Crippen molar-refractivity contribution >= 4 is 5.78 Å². The maximum absolute atomic E-state index is 11.7. The van der Waals surface area contributed by atoms with Crippen LogP contribution < -0.4 is 5.73 Å². The lowest BCUT2D eigenvalue weighted by molar-refractivity contribution is 0.0867. The minimum absolute atomic E-state index is 0.0602. The number of rotatable bonds is 2. The monoisotopic (exact) mass is 181 g/mol. The number of hydrogen-bond acceptors (Lipinski definition) is 4. The molecule has 0 spiro atoms. The zero-order chi connectivity index (χ0) is 9.26. The SMILES string of the molecule is NC1COCC1C(=O)c1ccco1. The highest BCUT2D eigenvalue weighted by Gasteiger charge is 2.33. The zero-order valence-electron chi connectivity index (χ0n) is 7.10. The lowest BCUT2D eigenvalue weighted by atomic mass is 9.98. The highest BCUT2D eigenvalue weighted by molar-refractivity contribution is 5.96. The van der Waals surface area contributed by atoms with Gasteiger partial charge in [0.25, 0.3) is 0 Å². The molecule has 0 bridgehead atoms. The van der Waals surface area contributed by atoms with Gasteiger partial charge < -0.3 is 14.9 Å². The van der Waals surface area contributed by atoms with Crippen LogP contribution >= 0.6 is 0 Å². The molecule has 1 fully saturated rings. The van der Waals surface area contributed by atoms with Crippen molar-refractivity contribution in [2.45, 2.75) is 6.04 Å². The van der Waals surface area contributed by atoms with E-state index < -0.39 is 0 Å².